The van der Waals surface area contributed by atoms with Crippen molar-refractivity contribution in [3.05, 3.63) is 35.4 Å². The Balaban J connectivity index is 1.99. The van der Waals surface area contributed by atoms with Crippen molar-refractivity contribution in [3.63, 3.8) is 0 Å². The van der Waals surface area contributed by atoms with E-state index in [0.717, 1.165) is 32.7 Å². The largest absolute Gasteiger partial charge is 0.465 e. The van der Waals surface area contributed by atoms with E-state index in [1.807, 2.05) is 4.90 Å². The minimum absolute atomic E-state index is 0.0186. The Morgan fingerprint density at radius 1 is 1.14 bits per heavy atom. The molecule has 1 fully saturated rings. The first-order valence-electron chi connectivity index (χ1n) is 7.71. The average molecular weight is 304 g/mol. The number of benzene rings is 1. The lowest BCUT2D eigenvalue weighted by molar-refractivity contribution is 0.0600. The number of hydrogen-bond donors (Lipinski definition) is 0. The van der Waals surface area contributed by atoms with Crippen molar-refractivity contribution in [2.24, 2.45) is 5.92 Å². The quantitative estimate of drug-likeness (QED) is 0.797. The third kappa shape index (κ3) is 4.07. The van der Waals surface area contributed by atoms with Crippen LogP contribution in [0.2, 0.25) is 0 Å². The molecule has 0 aromatic heterocycles. The van der Waals surface area contributed by atoms with Gasteiger partial charge in [0, 0.05) is 38.3 Å². The topological polar surface area (TPSA) is 49.9 Å². The van der Waals surface area contributed by atoms with Gasteiger partial charge in [-0.15, -0.1) is 0 Å². The van der Waals surface area contributed by atoms with Crippen molar-refractivity contribution in [2.45, 2.75) is 13.8 Å². The van der Waals surface area contributed by atoms with Crippen molar-refractivity contribution in [3.8, 4) is 0 Å². The summed E-state index contributed by atoms with van der Waals surface area (Å²) < 4.78 is 4.70. The molecular formula is C17H24N2O3. The molecule has 1 aromatic carbocycles. The number of amides is 1. The Morgan fingerprint density at radius 3 is 2.36 bits per heavy atom. The van der Waals surface area contributed by atoms with Crippen LogP contribution < -0.4 is 0 Å². The van der Waals surface area contributed by atoms with Crippen LogP contribution in [-0.2, 0) is 4.74 Å². The molecule has 1 saturated heterocycles. The molecule has 5 heteroatoms. The van der Waals surface area contributed by atoms with E-state index in [2.05, 4.69) is 18.7 Å². The van der Waals surface area contributed by atoms with E-state index in [1.165, 1.54) is 7.11 Å². The Bertz CT molecular complexity index is 534. The number of ether oxygens (including phenoxy) is 1. The number of hydrogen-bond acceptors (Lipinski definition) is 4. The minimum atomic E-state index is -0.420. The van der Waals surface area contributed by atoms with Gasteiger partial charge in [-0.3, -0.25) is 9.69 Å². The van der Waals surface area contributed by atoms with Crippen LogP contribution in [0.25, 0.3) is 0 Å². The maximum atomic E-state index is 12.5. The highest BCUT2D eigenvalue weighted by Crippen LogP contribution is 2.12. The van der Waals surface area contributed by atoms with Crippen LogP contribution in [0.15, 0.2) is 24.3 Å². The van der Waals surface area contributed by atoms with Gasteiger partial charge in [0.05, 0.1) is 12.7 Å². The predicted molar refractivity (Wildman–Crippen MR) is 85.0 cm³/mol. The zero-order chi connectivity index (χ0) is 16.1. The molecule has 1 aromatic rings. The number of nitrogens with zero attached hydrogens (tertiary/aromatic N) is 2. The molecular weight excluding hydrogens is 280 g/mol. The second kappa shape index (κ2) is 7.40. The van der Waals surface area contributed by atoms with Crippen LogP contribution in [0.5, 0.6) is 0 Å². The van der Waals surface area contributed by atoms with Gasteiger partial charge in [0.15, 0.2) is 0 Å². The Morgan fingerprint density at radius 2 is 1.77 bits per heavy atom. The monoisotopic (exact) mass is 304 g/mol. The minimum Gasteiger partial charge on any atom is -0.465 e. The van der Waals surface area contributed by atoms with Crippen molar-refractivity contribution < 1.29 is 14.3 Å². The first-order chi connectivity index (χ1) is 10.5. The van der Waals surface area contributed by atoms with E-state index in [9.17, 15) is 9.59 Å². The standard InChI is InChI=1S/C17H24N2O3/c1-13(2)12-18-7-9-19(10-8-18)16(20)14-5-4-6-15(11-14)17(21)22-3/h4-6,11,13H,7-10,12H2,1-3H3. The summed E-state index contributed by atoms with van der Waals surface area (Å²) >= 11 is 0. The number of piperazine rings is 1. The van der Waals surface area contributed by atoms with E-state index >= 15 is 0 Å². The fourth-order valence-electron chi connectivity index (χ4n) is 2.73. The Labute approximate surface area is 131 Å². The van der Waals surface area contributed by atoms with E-state index < -0.39 is 5.97 Å². The summed E-state index contributed by atoms with van der Waals surface area (Å²) in [6.07, 6.45) is 0. The summed E-state index contributed by atoms with van der Waals surface area (Å²) in [4.78, 5) is 28.3. The maximum absolute atomic E-state index is 12.5. The Kier molecular flexibility index (Phi) is 5.55. The molecule has 120 valence electrons. The van der Waals surface area contributed by atoms with E-state index in [-0.39, 0.29) is 5.91 Å². The van der Waals surface area contributed by atoms with Crippen LogP contribution in [0.4, 0.5) is 0 Å². The molecule has 0 saturated carbocycles. The molecule has 0 atom stereocenters. The summed E-state index contributed by atoms with van der Waals surface area (Å²) in [7, 11) is 1.34. The van der Waals surface area contributed by atoms with Crippen LogP contribution in [0.3, 0.4) is 0 Å². The van der Waals surface area contributed by atoms with Gasteiger partial charge in [-0.2, -0.15) is 0 Å². The molecule has 0 bridgehead atoms. The van der Waals surface area contributed by atoms with Gasteiger partial charge in [-0.25, -0.2) is 4.79 Å². The molecule has 1 amide bonds. The second-order valence-corrected chi connectivity index (χ2v) is 6.06. The Hall–Kier alpha value is -1.88. The third-order valence-electron chi connectivity index (χ3n) is 3.81. The van der Waals surface area contributed by atoms with Crippen LogP contribution >= 0.6 is 0 Å². The van der Waals surface area contributed by atoms with Gasteiger partial charge in [0.2, 0.25) is 0 Å². The molecule has 5 nitrogen and oxygen atoms in total. The van der Waals surface area contributed by atoms with Crippen LogP contribution in [0.1, 0.15) is 34.6 Å². The lowest BCUT2D eigenvalue weighted by Gasteiger charge is -2.35. The van der Waals surface area contributed by atoms with E-state index in [1.54, 1.807) is 24.3 Å². The van der Waals surface area contributed by atoms with Gasteiger partial charge in [0.1, 0.15) is 0 Å². The van der Waals surface area contributed by atoms with Gasteiger partial charge < -0.3 is 9.64 Å². The summed E-state index contributed by atoms with van der Waals surface area (Å²) in [5.41, 5.74) is 0.951. The molecule has 1 aliphatic rings. The lowest BCUT2D eigenvalue weighted by atomic mass is 10.1. The fraction of sp³-hybridized carbons (Fsp3) is 0.529. The van der Waals surface area contributed by atoms with Crippen LogP contribution in [-0.4, -0.2) is 61.5 Å². The number of rotatable bonds is 4. The van der Waals surface area contributed by atoms with Crippen molar-refractivity contribution in [1.29, 1.82) is 0 Å². The fourth-order valence-corrected chi connectivity index (χ4v) is 2.73. The molecule has 1 aliphatic heterocycles. The first kappa shape index (κ1) is 16.5. The average Bonchev–Trinajstić information content (AvgIpc) is 2.53. The van der Waals surface area contributed by atoms with Crippen molar-refractivity contribution in [2.75, 3.05) is 39.8 Å². The number of methoxy groups -OCH3 is 1. The number of carbonyl (C=O) groups excluding carboxylic acids is 2. The lowest BCUT2D eigenvalue weighted by Crippen LogP contribution is -2.49. The molecule has 0 N–H and O–H groups in total. The highest BCUT2D eigenvalue weighted by atomic mass is 16.5. The highest BCUT2D eigenvalue weighted by molar-refractivity contribution is 5.97. The zero-order valence-electron chi connectivity index (χ0n) is 13.5. The molecule has 2 rings (SSSR count). The van der Waals surface area contributed by atoms with Gasteiger partial charge in [-0.1, -0.05) is 19.9 Å². The molecule has 0 spiro atoms. The molecule has 0 radical (unpaired) electrons. The molecule has 0 unspecified atom stereocenters. The first-order valence-corrected chi connectivity index (χ1v) is 7.71. The third-order valence-corrected chi connectivity index (χ3v) is 3.81. The van der Waals surface area contributed by atoms with Crippen molar-refractivity contribution >= 4 is 11.9 Å². The highest BCUT2D eigenvalue weighted by Gasteiger charge is 2.23. The molecule has 0 aliphatic carbocycles. The predicted octanol–water partition coefficient (Wildman–Crippen LogP) is 1.89. The smallest absolute Gasteiger partial charge is 0.337 e. The molecule has 1 heterocycles. The molecule has 22 heavy (non-hydrogen) atoms. The number of esters is 1. The van der Waals surface area contributed by atoms with Crippen LogP contribution in [0, 0.1) is 5.92 Å². The summed E-state index contributed by atoms with van der Waals surface area (Å²) in [6, 6.07) is 6.72. The summed E-state index contributed by atoms with van der Waals surface area (Å²) in [5, 5.41) is 0. The van der Waals surface area contributed by atoms with E-state index in [4.69, 9.17) is 4.74 Å². The van der Waals surface area contributed by atoms with Crippen molar-refractivity contribution in [1.82, 2.24) is 9.80 Å². The van der Waals surface area contributed by atoms with Gasteiger partial charge >= 0.3 is 5.97 Å². The summed E-state index contributed by atoms with van der Waals surface area (Å²) in [6.45, 7) is 8.74. The van der Waals surface area contributed by atoms with Gasteiger partial charge in [-0.05, 0) is 24.1 Å². The SMILES string of the molecule is COC(=O)c1cccc(C(=O)N2CCN(CC(C)C)CC2)c1. The second-order valence-electron chi connectivity index (χ2n) is 6.06. The summed E-state index contributed by atoms with van der Waals surface area (Å²) in [5.74, 6) is 0.199. The number of carbonyl (C=O) groups is 2. The zero-order valence-corrected chi connectivity index (χ0v) is 13.5. The van der Waals surface area contributed by atoms with E-state index in [0.29, 0.717) is 17.0 Å². The maximum Gasteiger partial charge on any atom is 0.337 e. The van der Waals surface area contributed by atoms with Gasteiger partial charge in [0.25, 0.3) is 5.91 Å². The normalized spacial score (nSPS) is 15.9.